The van der Waals surface area contributed by atoms with E-state index < -0.39 is 0 Å². The molecule has 1 aromatic carbocycles. The molecule has 0 atom stereocenters. The summed E-state index contributed by atoms with van der Waals surface area (Å²) in [5, 5.41) is 5.98. The highest BCUT2D eigenvalue weighted by molar-refractivity contribution is 7.09. The van der Waals surface area contributed by atoms with Crippen molar-refractivity contribution >= 4 is 23.3 Å². The number of benzene rings is 1. The predicted molar refractivity (Wildman–Crippen MR) is 93.0 cm³/mol. The van der Waals surface area contributed by atoms with Crippen molar-refractivity contribution in [1.29, 1.82) is 0 Å². The van der Waals surface area contributed by atoms with Crippen LogP contribution in [0.4, 0.5) is 0 Å². The highest BCUT2D eigenvalue weighted by Gasteiger charge is 2.06. The number of aromatic nitrogens is 1. The molecule has 1 amide bonds. The van der Waals surface area contributed by atoms with E-state index in [0.717, 1.165) is 16.3 Å². The first-order valence-electron chi connectivity index (χ1n) is 7.43. The molecule has 0 unspecified atom stereocenters. The molecule has 0 saturated heterocycles. The minimum absolute atomic E-state index is 0.0981. The van der Waals surface area contributed by atoms with Crippen molar-refractivity contribution in [2.75, 3.05) is 0 Å². The molecule has 0 spiro atoms. The summed E-state index contributed by atoms with van der Waals surface area (Å²) in [5.41, 5.74) is 4.38. The zero-order valence-corrected chi connectivity index (χ0v) is 14.3. The van der Waals surface area contributed by atoms with E-state index in [-0.39, 0.29) is 5.91 Å². The van der Waals surface area contributed by atoms with Gasteiger partial charge in [0.25, 0.3) is 0 Å². The van der Waals surface area contributed by atoms with Gasteiger partial charge in [-0.3, -0.25) is 4.79 Å². The quantitative estimate of drug-likeness (QED) is 0.840. The van der Waals surface area contributed by atoms with Crippen molar-refractivity contribution in [2.24, 2.45) is 0 Å². The maximum Gasteiger partial charge on any atom is 0.244 e. The summed E-state index contributed by atoms with van der Waals surface area (Å²) in [6.07, 6.45) is 3.43. The molecule has 1 heterocycles. The second-order valence-electron chi connectivity index (χ2n) is 5.74. The number of hydrogen-bond donors (Lipinski definition) is 1. The predicted octanol–water partition coefficient (Wildman–Crippen LogP) is 4.21. The van der Waals surface area contributed by atoms with Crippen LogP contribution in [0.5, 0.6) is 0 Å². The molecule has 0 aliphatic heterocycles. The van der Waals surface area contributed by atoms with Crippen molar-refractivity contribution in [3.8, 4) is 0 Å². The second-order valence-corrected chi connectivity index (χ2v) is 6.63. The van der Waals surface area contributed by atoms with Crippen LogP contribution < -0.4 is 5.32 Å². The van der Waals surface area contributed by atoms with Crippen LogP contribution in [0.3, 0.4) is 0 Å². The third-order valence-electron chi connectivity index (χ3n) is 3.35. The van der Waals surface area contributed by atoms with Gasteiger partial charge in [0.15, 0.2) is 0 Å². The first kappa shape index (κ1) is 16.4. The molecule has 0 fully saturated rings. The minimum atomic E-state index is -0.0981. The highest BCUT2D eigenvalue weighted by atomic mass is 32.1. The van der Waals surface area contributed by atoms with Crippen LogP contribution >= 0.6 is 11.3 Å². The Labute approximate surface area is 136 Å². The topological polar surface area (TPSA) is 42.0 Å². The molecule has 0 saturated carbocycles. The monoisotopic (exact) mass is 314 g/mol. The molecule has 22 heavy (non-hydrogen) atoms. The maximum absolute atomic E-state index is 11.9. The molecule has 0 bridgehead atoms. The molecule has 116 valence electrons. The summed E-state index contributed by atoms with van der Waals surface area (Å²) in [6.45, 7) is 8.82. The van der Waals surface area contributed by atoms with Gasteiger partial charge in [0.05, 0.1) is 17.2 Å². The number of thiazole rings is 1. The van der Waals surface area contributed by atoms with Crippen molar-refractivity contribution in [3.63, 3.8) is 0 Å². The van der Waals surface area contributed by atoms with Gasteiger partial charge in [-0.15, -0.1) is 11.3 Å². The van der Waals surface area contributed by atoms with E-state index >= 15 is 0 Å². The molecule has 4 heteroatoms. The van der Waals surface area contributed by atoms with Gasteiger partial charge in [-0.1, -0.05) is 37.6 Å². The first-order chi connectivity index (χ1) is 10.5. The average Bonchev–Trinajstić information content (AvgIpc) is 2.93. The average molecular weight is 314 g/mol. The van der Waals surface area contributed by atoms with Gasteiger partial charge in [-0.25, -0.2) is 4.98 Å². The van der Waals surface area contributed by atoms with E-state index in [1.165, 1.54) is 11.1 Å². The summed E-state index contributed by atoms with van der Waals surface area (Å²) in [6, 6.07) is 6.19. The Kier molecular flexibility index (Phi) is 5.50. The number of aryl methyl sites for hydroxylation is 2. The van der Waals surface area contributed by atoms with E-state index in [0.29, 0.717) is 12.5 Å². The number of amides is 1. The van der Waals surface area contributed by atoms with Gasteiger partial charge in [-0.2, -0.15) is 0 Å². The van der Waals surface area contributed by atoms with Crippen LogP contribution in [0.2, 0.25) is 0 Å². The number of carbonyl (C=O) groups excluding carboxylic acids is 1. The summed E-state index contributed by atoms with van der Waals surface area (Å²) in [4.78, 5) is 16.4. The number of hydrogen-bond acceptors (Lipinski definition) is 3. The molecular formula is C18H22N2OS. The molecule has 3 nitrogen and oxygen atoms in total. The zero-order chi connectivity index (χ0) is 16.1. The second kappa shape index (κ2) is 7.36. The Morgan fingerprint density at radius 3 is 2.77 bits per heavy atom. The Balaban J connectivity index is 1.90. The summed E-state index contributed by atoms with van der Waals surface area (Å²) < 4.78 is 0. The lowest BCUT2D eigenvalue weighted by atomic mass is 10.1. The fourth-order valence-electron chi connectivity index (χ4n) is 2.08. The van der Waals surface area contributed by atoms with E-state index in [1.54, 1.807) is 17.4 Å². The standard InChI is InChI=1S/C18H22N2OS/c1-12(2)18-20-16(11-22-18)10-19-17(21)8-7-15-6-5-13(3)9-14(15)4/h5-9,11-12H,10H2,1-4H3,(H,19,21)/b8-7+. The van der Waals surface area contributed by atoms with Crippen LogP contribution in [0.25, 0.3) is 6.08 Å². The van der Waals surface area contributed by atoms with Gasteiger partial charge < -0.3 is 5.32 Å². The Morgan fingerprint density at radius 2 is 2.14 bits per heavy atom. The lowest BCUT2D eigenvalue weighted by molar-refractivity contribution is -0.116. The van der Waals surface area contributed by atoms with Crippen molar-refractivity contribution in [2.45, 2.75) is 40.2 Å². The van der Waals surface area contributed by atoms with Crippen molar-refractivity contribution in [3.05, 3.63) is 57.0 Å². The van der Waals surface area contributed by atoms with Crippen LogP contribution in [-0.2, 0) is 11.3 Å². The molecule has 0 aliphatic rings. The van der Waals surface area contributed by atoms with Gasteiger partial charge in [-0.05, 0) is 31.1 Å². The maximum atomic E-state index is 11.9. The van der Waals surface area contributed by atoms with E-state index in [9.17, 15) is 4.79 Å². The fraction of sp³-hybridized carbons (Fsp3) is 0.333. The largest absolute Gasteiger partial charge is 0.347 e. The fourth-order valence-corrected chi connectivity index (χ4v) is 2.92. The third-order valence-corrected chi connectivity index (χ3v) is 4.54. The smallest absolute Gasteiger partial charge is 0.244 e. The number of nitrogens with zero attached hydrogens (tertiary/aromatic N) is 1. The summed E-state index contributed by atoms with van der Waals surface area (Å²) in [7, 11) is 0. The molecule has 2 rings (SSSR count). The minimum Gasteiger partial charge on any atom is -0.347 e. The number of rotatable bonds is 5. The molecule has 1 aromatic heterocycles. The van der Waals surface area contributed by atoms with Gasteiger partial charge in [0.2, 0.25) is 5.91 Å². The van der Waals surface area contributed by atoms with Crippen molar-refractivity contribution in [1.82, 2.24) is 10.3 Å². The van der Waals surface area contributed by atoms with E-state index in [4.69, 9.17) is 0 Å². The van der Waals surface area contributed by atoms with Gasteiger partial charge in [0, 0.05) is 17.4 Å². The van der Waals surface area contributed by atoms with Crippen LogP contribution in [0.15, 0.2) is 29.7 Å². The molecule has 2 aromatic rings. The Hall–Kier alpha value is -1.94. The zero-order valence-electron chi connectivity index (χ0n) is 13.5. The van der Waals surface area contributed by atoms with Crippen LogP contribution in [0.1, 0.15) is 47.2 Å². The van der Waals surface area contributed by atoms with Gasteiger partial charge in [0.1, 0.15) is 0 Å². The molecule has 0 radical (unpaired) electrons. The van der Waals surface area contributed by atoms with Crippen LogP contribution in [-0.4, -0.2) is 10.9 Å². The number of carbonyl (C=O) groups is 1. The van der Waals surface area contributed by atoms with Crippen LogP contribution in [0, 0.1) is 13.8 Å². The van der Waals surface area contributed by atoms with Gasteiger partial charge >= 0.3 is 0 Å². The Bertz CT molecular complexity index is 686. The Morgan fingerprint density at radius 1 is 1.36 bits per heavy atom. The first-order valence-corrected chi connectivity index (χ1v) is 8.31. The van der Waals surface area contributed by atoms with E-state index in [1.807, 2.05) is 30.5 Å². The summed E-state index contributed by atoms with van der Waals surface area (Å²) in [5.74, 6) is 0.331. The molecular weight excluding hydrogens is 292 g/mol. The molecule has 0 aliphatic carbocycles. The number of nitrogens with one attached hydrogen (secondary N) is 1. The third kappa shape index (κ3) is 4.53. The lowest BCUT2D eigenvalue weighted by Crippen LogP contribution is -2.20. The summed E-state index contributed by atoms with van der Waals surface area (Å²) >= 11 is 1.64. The SMILES string of the molecule is Cc1ccc(/C=C/C(=O)NCc2csc(C(C)C)n2)c(C)c1. The normalized spacial score (nSPS) is 11.3. The van der Waals surface area contributed by atoms with Crippen molar-refractivity contribution < 1.29 is 4.79 Å². The lowest BCUT2D eigenvalue weighted by Gasteiger charge is -2.02. The highest BCUT2D eigenvalue weighted by Crippen LogP contribution is 2.19. The molecule has 1 N–H and O–H groups in total. The van der Waals surface area contributed by atoms with E-state index in [2.05, 4.69) is 37.1 Å².